The van der Waals surface area contributed by atoms with Crippen LogP contribution in [0.5, 0.6) is 5.75 Å². The highest BCUT2D eigenvalue weighted by Gasteiger charge is 2.32. The van der Waals surface area contributed by atoms with Gasteiger partial charge in [0.2, 0.25) is 5.91 Å². The lowest BCUT2D eigenvalue weighted by Crippen LogP contribution is -2.39. The van der Waals surface area contributed by atoms with E-state index in [4.69, 9.17) is 14.4 Å². The van der Waals surface area contributed by atoms with Crippen molar-refractivity contribution in [3.63, 3.8) is 0 Å². The second-order valence-corrected chi connectivity index (χ2v) is 8.11. The molecule has 1 saturated heterocycles. The zero-order valence-corrected chi connectivity index (χ0v) is 18.5. The molecule has 1 aliphatic rings. The van der Waals surface area contributed by atoms with E-state index in [1.54, 1.807) is 4.68 Å². The fourth-order valence-corrected chi connectivity index (χ4v) is 4.26. The van der Waals surface area contributed by atoms with Crippen molar-refractivity contribution < 1.29 is 14.1 Å². The van der Waals surface area contributed by atoms with Gasteiger partial charge in [-0.25, -0.2) is 0 Å². The van der Waals surface area contributed by atoms with Crippen molar-refractivity contribution in [3.05, 3.63) is 53.5 Å². The quantitative estimate of drug-likeness (QED) is 0.562. The van der Waals surface area contributed by atoms with E-state index in [0.29, 0.717) is 25.2 Å². The second kappa shape index (κ2) is 9.37. The number of aromatic nitrogens is 3. The van der Waals surface area contributed by atoms with Crippen LogP contribution in [0.25, 0.3) is 11.3 Å². The second-order valence-electron chi connectivity index (χ2n) is 8.11. The van der Waals surface area contributed by atoms with Crippen molar-refractivity contribution >= 4 is 5.91 Å². The number of piperidine rings is 1. The van der Waals surface area contributed by atoms with Crippen LogP contribution in [0.1, 0.15) is 55.6 Å². The van der Waals surface area contributed by atoms with Gasteiger partial charge in [-0.15, -0.1) is 0 Å². The summed E-state index contributed by atoms with van der Waals surface area (Å²) in [5.41, 5.74) is 3.78. The van der Waals surface area contributed by atoms with Gasteiger partial charge in [-0.05, 0) is 57.2 Å². The highest BCUT2D eigenvalue weighted by molar-refractivity contribution is 5.77. The summed E-state index contributed by atoms with van der Waals surface area (Å²) in [5.74, 6) is 1.73. The Morgan fingerprint density at radius 3 is 2.77 bits per heavy atom. The number of likely N-dealkylation sites (tertiary alicyclic amines) is 1. The number of ether oxygens (including phenoxy) is 1. The molecule has 0 radical (unpaired) electrons. The molecule has 0 saturated carbocycles. The Morgan fingerprint density at radius 2 is 2.06 bits per heavy atom. The predicted octanol–water partition coefficient (Wildman–Crippen LogP) is 4.47. The van der Waals surface area contributed by atoms with E-state index in [1.165, 1.54) is 0 Å². The van der Waals surface area contributed by atoms with Gasteiger partial charge in [0.25, 0.3) is 0 Å². The van der Waals surface area contributed by atoms with Crippen LogP contribution in [0.4, 0.5) is 0 Å². The number of nitrogens with zero attached hydrogens (tertiary/aromatic N) is 4. The number of carbonyl (C=O) groups excluding carboxylic acids is 1. The lowest BCUT2D eigenvalue weighted by Gasteiger charge is -2.35. The van der Waals surface area contributed by atoms with Crippen LogP contribution < -0.4 is 4.74 Å². The average molecular weight is 423 g/mol. The Labute approximate surface area is 183 Å². The minimum absolute atomic E-state index is 0.0387. The van der Waals surface area contributed by atoms with E-state index in [9.17, 15) is 4.79 Å². The highest BCUT2D eigenvalue weighted by Crippen LogP contribution is 2.36. The SMILES string of the molecule is CCOc1ccc(CCC(=O)N2CCCC[C@H]2c2nn(C)cc2-c2cc(C)no2)cc1. The maximum Gasteiger partial charge on any atom is 0.223 e. The summed E-state index contributed by atoms with van der Waals surface area (Å²) in [4.78, 5) is 15.2. The van der Waals surface area contributed by atoms with Crippen LogP contribution in [0, 0.1) is 6.92 Å². The Kier molecular flexibility index (Phi) is 6.39. The Hall–Kier alpha value is -3.09. The minimum atomic E-state index is -0.0387. The maximum absolute atomic E-state index is 13.2. The third kappa shape index (κ3) is 4.81. The standard InChI is InChI=1S/C24H30N4O3/c1-4-30-19-11-8-18(9-12-19)10-13-23(29)28-14-6-5-7-21(28)24-20(16-27(3)25-24)22-15-17(2)26-31-22/h8-9,11-12,15-16,21H,4-7,10,13-14H2,1-3H3/t21-/m0/s1. The van der Waals surface area contributed by atoms with Gasteiger partial charge in [0.15, 0.2) is 5.76 Å². The number of aryl methyl sites for hydroxylation is 3. The van der Waals surface area contributed by atoms with Crippen LogP contribution in [-0.4, -0.2) is 38.9 Å². The van der Waals surface area contributed by atoms with Gasteiger partial charge in [0.05, 0.1) is 29.6 Å². The Morgan fingerprint density at radius 1 is 1.26 bits per heavy atom. The first-order valence-electron chi connectivity index (χ1n) is 11.0. The van der Waals surface area contributed by atoms with Gasteiger partial charge in [0, 0.05) is 32.3 Å². The van der Waals surface area contributed by atoms with Crippen molar-refractivity contribution in [3.8, 4) is 17.1 Å². The molecule has 3 aromatic rings. The first-order chi connectivity index (χ1) is 15.0. The molecule has 0 unspecified atom stereocenters. The molecule has 1 aliphatic heterocycles. The monoisotopic (exact) mass is 422 g/mol. The molecular formula is C24H30N4O3. The third-order valence-electron chi connectivity index (χ3n) is 5.75. The van der Waals surface area contributed by atoms with Gasteiger partial charge in [-0.1, -0.05) is 17.3 Å². The summed E-state index contributed by atoms with van der Waals surface area (Å²) in [7, 11) is 1.90. The number of hydrogen-bond acceptors (Lipinski definition) is 5. The molecule has 1 atom stereocenters. The summed E-state index contributed by atoms with van der Waals surface area (Å²) in [6.07, 6.45) is 6.16. The number of carbonyl (C=O) groups is 1. The molecule has 7 heteroatoms. The lowest BCUT2D eigenvalue weighted by atomic mass is 9.95. The van der Waals surface area contributed by atoms with E-state index in [-0.39, 0.29) is 11.9 Å². The molecule has 0 spiro atoms. The summed E-state index contributed by atoms with van der Waals surface area (Å²) in [6, 6.07) is 9.88. The molecular weight excluding hydrogens is 392 g/mol. The molecule has 7 nitrogen and oxygen atoms in total. The first kappa shape index (κ1) is 21.2. The molecule has 0 aliphatic carbocycles. The summed E-state index contributed by atoms with van der Waals surface area (Å²) < 4.78 is 12.8. The molecule has 3 heterocycles. The van der Waals surface area contributed by atoms with E-state index in [1.807, 2.05) is 62.3 Å². The van der Waals surface area contributed by atoms with Gasteiger partial charge < -0.3 is 14.2 Å². The molecule has 2 aromatic heterocycles. The maximum atomic E-state index is 13.2. The lowest BCUT2D eigenvalue weighted by molar-refractivity contribution is -0.135. The van der Waals surface area contributed by atoms with Crippen molar-refractivity contribution in [1.82, 2.24) is 19.8 Å². The largest absolute Gasteiger partial charge is 0.494 e. The topological polar surface area (TPSA) is 73.4 Å². The molecule has 4 rings (SSSR count). The summed E-state index contributed by atoms with van der Waals surface area (Å²) in [5, 5.41) is 8.74. The van der Waals surface area contributed by atoms with Gasteiger partial charge in [-0.2, -0.15) is 5.10 Å². The van der Waals surface area contributed by atoms with E-state index < -0.39 is 0 Å². The van der Waals surface area contributed by atoms with Crippen LogP contribution in [0.15, 0.2) is 41.1 Å². The number of hydrogen-bond donors (Lipinski definition) is 0. The highest BCUT2D eigenvalue weighted by atomic mass is 16.5. The van der Waals surface area contributed by atoms with Gasteiger partial charge in [0.1, 0.15) is 5.75 Å². The van der Waals surface area contributed by atoms with E-state index in [2.05, 4.69) is 5.16 Å². The van der Waals surface area contributed by atoms with E-state index >= 15 is 0 Å². The zero-order chi connectivity index (χ0) is 21.8. The van der Waals surface area contributed by atoms with Crippen molar-refractivity contribution in [2.75, 3.05) is 13.2 Å². The average Bonchev–Trinajstić information content (AvgIpc) is 3.38. The van der Waals surface area contributed by atoms with Crippen LogP contribution in [-0.2, 0) is 18.3 Å². The minimum Gasteiger partial charge on any atom is -0.494 e. The van der Waals surface area contributed by atoms with Crippen molar-refractivity contribution in [2.24, 2.45) is 7.05 Å². The van der Waals surface area contributed by atoms with Crippen LogP contribution >= 0.6 is 0 Å². The van der Waals surface area contributed by atoms with E-state index in [0.717, 1.165) is 54.1 Å². The van der Waals surface area contributed by atoms with Crippen LogP contribution in [0.3, 0.4) is 0 Å². The first-order valence-corrected chi connectivity index (χ1v) is 11.0. The molecule has 1 fully saturated rings. The molecule has 0 bridgehead atoms. The summed E-state index contributed by atoms with van der Waals surface area (Å²) in [6.45, 7) is 5.29. The summed E-state index contributed by atoms with van der Waals surface area (Å²) >= 11 is 0. The molecule has 1 amide bonds. The molecule has 164 valence electrons. The van der Waals surface area contributed by atoms with Crippen molar-refractivity contribution in [2.45, 2.75) is 52.0 Å². The third-order valence-corrected chi connectivity index (χ3v) is 5.75. The predicted molar refractivity (Wildman–Crippen MR) is 118 cm³/mol. The van der Waals surface area contributed by atoms with Crippen molar-refractivity contribution in [1.29, 1.82) is 0 Å². The Balaban J connectivity index is 1.49. The van der Waals surface area contributed by atoms with Crippen LogP contribution in [0.2, 0.25) is 0 Å². The van der Waals surface area contributed by atoms with Gasteiger partial charge in [-0.3, -0.25) is 9.48 Å². The fraction of sp³-hybridized carbons (Fsp3) is 0.458. The molecule has 1 aromatic carbocycles. The fourth-order valence-electron chi connectivity index (χ4n) is 4.26. The zero-order valence-electron chi connectivity index (χ0n) is 18.5. The van der Waals surface area contributed by atoms with Gasteiger partial charge >= 0.3 is 0 Å². The molecule has 31 heavy (non-hydrogen) atoms. The Bertz CT molecular complexity index is 1020. The smallest absolute Gasteiger partial charge is 0.223 e. The number of amides is 1. The number of rotatable bonds is 7. The molecule has 0 N–H and O–H groups in total. The normalized spacial score (nSPS) is 16.5. The number of benzene rings is 1.